The highest BCUT2D eigenvalue weighted by Gasteiger charge is 2.64. The molecule has 0 spiro atoms. The van der Waals surface area contributed by atoms with Crippen molar-refractivity contribution in [3.8, 4) is 22.3 Å². The van der Waals surface area contributed by atoms with E-state index in [0.29, 0.717) is 35.1 Å². The summed E-state index contributed by atoms with van der Waals surface area (Å²) in [4.78, 5) is 71.0. The molecule has 2 aliphatic heterocycles. The maximum atomic E-state index is 14.2. The molecule has 4 N–H and O–H groups in total. The average molecular weight is 1020 g/mol. The maximum absolute atomic E-state index is 14.2. The summed E-state index contributed by atoms with van der Waals surface area (Å²) in [6, 6.07) is 16.5. The predicted molar refractivity (Wildman–Crippen MR) is 279 cm³/mol. The number of aliphatic hydroxyl groups is 1. The number of nitrogens with one attached hydrogen (secondary N) is 3. The zero-order chi connectivity index (χ0) is 52.4. The van der Waals surface area contributed by atoms with Crippen molar-refractivity contribution in [3.63, 3.8) is 0 Å². The third kappa shape index (κ3) is 11.7. The van der Waals surface area contributed by atoms with E-state index in [-0.39, 0.29) is 61.7 Å². The van der Waals surface area contributed by atoms with Crippen molar-refractivity contribution in [1.82, 2.24) is 35.7 Å². The van der Waals surface area contributed by atoms with Gasteiger partial charge in [0.2, 0.25) is 17.7 Å². The number of carbonyl (C=O) groups excluding carboxylic acids is 4. The molecule has 0 radical (unpaired) electrons. The molecule has 4 aromatic rings. The molecule has 2 saturated heterocycles. The van der Waals surface area contributed by atoms with Crippen molar-refractivity contribution >= 4 is 52.4 Å². The van der Waals surface area contributed by atoms with Crippen LogP contribution in [0, 0.1) is 34.5 Å². The normalized spacial score (nSPS) is 23.6. The van der Waals surface area contributed by atoms with Crippen LogP contribution in [0.15, 0.2) is 66.3 Å². The molecular formula is C54H70ClN9O7S. The summed E-state index contributed by atoms with van der Waals surface area (Å²) in [6.07, 6.45) is 0.598. The van der Waals surface area contributed by atoms with Gasteiger partial charge in [0.15, 0.2) is 0 Å². The third-order valence-electron chi connectivity index (χ3n) is 14.5. The van der Waals surface area contributed by atoms with Crippen LogP contribution in [0.3, 0.4) is 0 Å². The fraction of sp³-hybridized carbons (Fsp3) is 0.537. The van der Waals surface area contributed by atoms with Crippen LogP contribution >= 0.6 is 22.9 Å². The molecule has 2 aromatic carbocycles. The standard InChI is InChI=1S/C54H70ClN9O7S/c1-31-26-62(27-32(2)64(31)43-19-17-38(25-57-43)47(67)61-50-53(8,9)51(54(50,10)11)71-40-18-16-37(24-56)41(55)23-40)20-21-70-29-44(66)60-46(52(5,6)7)49(69)63-28-39(65)22-42(63)48(68)59-33(3)35-12-14-36(15-13-35)45-34(4)58-30-72-45/h12-19,23,25,30-33,39,42,46,50-51,65H,20-22,26-29H2,1-11H3,(H,59,68)(H,60,66)(H,61,67)/t31-,32+,33-,39+,42?,46+,50-,51-/m0/s1. The van der Waals surface area contributed by atoms with Crippen LogP contribution in [-0.4, -0.2) is 130 Å². The van der Waals surface area contributed by atoms with Gasteiger partial charge in [0.1, 0.15) is 42.4 Å². The van der Waals surface area contributed by atoms with Crippen molar-refractivity contribution in [3.05, 3.63) is 93.7 Å². The van der Waals surface area contributed by atoms with Gasteiger partial charge in [-0.15, -0.1) is 11.3 Å². The number of benzene rings is 2. The summed E-state index contributed by atoms with van der Waals surface area (Å²) in [5.74, 6) is -0.131. The van der Waals surface area contributed by atoms with Crippen molar-refractivity contribution in [1.29, 1.82) is 5.26 Å². The number of β-amino-alcohol motifs (C(OH)–C–C–N with tert-alkyl or cyclic N) is 1. The van der Waals surface area contributed by atoms with Gasteiger partial charge in [-0.1, -0.05) is 84.3 Å². The first-order valence-corrected chi connectivity index (χ1v) is 26.0. The molecule has 4 heterocycles. The van der Waals surface area contributed by atoms with E-state index in [1.54, 1.807) is 35.7 Å². The molecule has 1 saturated carbocycles. The van der Waals surface area contributed by atoms with Gasteiger partial charge in [0.25, 0.3) is 5.91 Å². The monoisotopic (exact) mass is 1020 g/mol. The molecule has 4 amide bonds. The summed E-state index contributed by atoms with van der Waals surface area (Å²) >= 11 is 7.84. The number of thiazole rings is 1. The van der Waals surface area contributed by atoms with Crippen LogP contribution in [0.1, 0.15) is 109 Å². The van der Waals surface area contributed by atoms with Crippen LogP contribution in [0.25, 0.3) is 10.4 Å². The highest BCUT2D eigenvalue weighted by Crippen LogP contribution is 2.55. The summed E-state index contributed by atoms with van der Waals surface area (Å²) in [5, 5.41) is 29.4. The SMILES string of the molecule is Cc1ncsc1-c1ccc([C@H](C)NC(=O)C2C[C@@H](O)CN2C(=O)[C@@H](NC(=O)COCCN2C[C@@H](C)N(c3ccc(C(=O)N[C@H]4C(C)(C)[C@H](Oc5ccc(C#N)c(Cl)c5)C4(C)C)cn3)[C@@H](C)C2)C(C)(C)C)cc1. The number of hydrogen-bond donors (Lipinski definition) is 4. The lowest BCUT2D eigenvalue weighted by atomic mass is 9.49. The predicted octanol–water partition coefficient (Wildman–Crippen LogP) is 6.94. The average Bonchev–Trinajstić information content (AvgIpc) is 3.94. The number of halogens is 1. The van der Waals surface area contributed by atoms with Crippen LogP contribution < -0.4 is 25.6 Å². The number of anilines is 1. The first-order chi connectivity index (χ1) is 33.9. The Morgan fingerprint density at radius 1 is 0.972 bits per heavy atom. The Bertz CT molecular complexity index is 2620. The van der Waals surface area contributed by atoms with Gasteiger partial charge in [0, 0.05) is 73.8 Å². The molecule has 2 aromatic heterocycles. The summed E-state index contributed by atoms with van der Waals surface area (Å²) in [5.41, 5.74) is 4.03. The summed E-state index contributed by atoms with van der Waals surface area (Å²) < 4.78 is 12.3. The van der Waals surface area contributed by atoms with Crippen molar-refractivity contribution in [2.75, 3.05) is 44.3 Å². The van der Waals surface area contributed by atoms with Gasteiger partial charge in [-0.25, -0.2) is 9.97 Å². The summed E-state index contributed by atoms with van der Waals surface area (Å²) in [7, 11) is 0. The van der Waals surface area contributed by atoms with Gasteiger partial charge in [-0.05, 0) is 68.5 Å². The molecular weight excluding hydrogens is 954 g/mol. The minimum Gasteiger partial charge on any atom is -0.489 e. The molecule has 6 atom stereocenters. The third-order valence-corrected chi connectivity index (χ3v) is 15.8. The Morgan fingerprint density at radius 3 is 2.24 bits per heavy atom. The van der Waals surface area contributed by atoms with E-state index in [0.717, 1.165) is 40.6 Å². The van der Waals surface area contributed by atoms with E-state index < -0.39 is 46.2 Å². The van der Waals surface area contributed by atoms with E-state index in [9.17, 15) is 29.5 Å². The number of nitriles is 1. The molecule has 386 valence electrons. The topological polar surface area (TPSA) is 202 Å². The number of pyridine rings is 1. The van der Waals surface area contributed by atoms with Crippen LogP contribution in [-0.2, 0) is 19.1 Å². The number of aryl methyl sites for hydroxylation is 1. The van der Waals surface area contributed by atoms with E-state index in [1.807, 2.05) is 76.5 Å². The number of piperazine rings is 1. The molecule has 3 aliphatic rings. The fourth-order valence-corrected chi connectivity index (χ4v) is 12.2. The van der Waals surface area contributed by atoms with Crippen molar-refractivity contribution in [2.24, 2.45) is 16.2 Å². The van der Waals surface area contributed by atoms with E-state index in [1.165, 1.54) is 4.90 Å². The number of aromatic nitrogens is 2. The highest BCUT2D eigenvalue weighted by atomic mass is 35.5. The Morgan fingerprint density at radius 2 is 1.65 bits per heavy atom. The number of aliphatic hydroxyl groups excluding tert-OH is 1. The molecule has 1 aliphatic carbocycles. The zero-order valence-corrected chi connectivity index (χ0v) is 44.9. The van der Waals surface area contributed by atoms with E-state index >= 15 is 0 Å². The van der Waals surface area contributed by atoms with E-state index in [2.05, 4.69) is 78.3 Å². The van der Waals surface area contributed by atoms with Gasteiger partial charge in [-0.2, -0.15) is 5.26 Å². The lowest BCUT2D eigenvalue weighted by Gasteiger charge is -2.63. The number of ether oxygens (including phenoxy) is 2. The minimum atomic E-state index is -0.973. The maximum Gasteiger partial charge on any atom is 0.253 e. The zero-order valence-electron chi connectivity index (χ0n) is 43.3. The highest BCUT2D eigenvalue weighted by molar-refractivity contribution is 7.13. The van der Waals surface area contributed by atoms with Crippen molar-refractivity contribution < 1.29 is 33.8 Å². The molecule has 3 fully saturated rings. The number of likely N-dealkylation sites (tertiary alicyclic amines) is 1. The van der Waals surface area contributed by atoms with Gasteiger partial charge in [-0.3, -0.25) is 24.1 Å². The van der Waals surface area contributed by atoms with E-state index in [4.69, 9.17) is 26.1 Å². The minimum absolute atomic E-state index is 0.0221. The summed E-state index contributed by atoms with van der Waals surface area (Å²) in [6.45, 7) is 24.0. The Balaban J connectivity index is 0.860. The molecule has 1 unspecified atom stereocenters. The Labute approximate surface area is 432 Å². The first-order valence-electron chi connectivity index (χ1n) is 24.7. The van der Waals surface area contributed by atoms with Gasteiger partial charge >= 0.3 is 0 Å². The molecule has 0 bridgehead atoms. The second-order valence-corrected chi connectivity index (χ2v) is 23.3. The quantitative estimate of drug-likeness (QED) is 0.0845. The van der Waals surface area contributed by atoms with Crippen molar-refractivity contribution in [2.45, 2.75) is 131 Å². The largest absolute Gasteiger partial charge is 0.489 e. The number of rotatable bonds is 16. The molecule has 7 rings (SSSR count). The van der Waals surface area contributed by atoms with Crippen LogP contribution in [0.5, 0.6) is 5.75 Å². The second kappa shape index (κ2) is 21.8. The Kier molecular flexibility index (Phi) is 16.4. The smallest absolute Gasteiger partial charge is 0.253 e. The molecule has 16 nitrogen and oxygen atoms in total. The van der Waals surface area contributed by atoms with Gasteiger partial charge < -0.3 is 40.3 Å². The fourth-order valence-electron chi connectivity index (χ4n) is 11.1. The lowest BCUT2D eigenvalue weighted by molar-refractivity contribution is -0.164. The number of nitrogens with zero attached hydrogens (tertiary/aromatic N) is 6. The Hall–Kier alpha value is -5.64. The number of hydrogen-bond acceptors (Lipinski definition) is 13. The molecule has 72 heavy (non-hydrogen) atoms. The van der Waals surface area contributed by atoms with Crippen LogP contribution in [0.2, 0.25) is 5.02 Å². The molecule has 18 heteroatoms. The number of carbonyl (C=O) groups is 4. The van der Waals surface area contributed by atoms with Gasteiger partial charge in [0.05, 0.1) is 51.0 Å². The van der Waals surface area contributed by atoms with Crippen LogP contribution in [0.4, 0.5) is 5.82 Å². The lowest BCUT2D eigenvalue weighted by Crippen LogP contribution is -2.74. The first kappa shape index (κ1) is 54.1. The number of amides is 4. The second-order valence-electron chi connectivity index (χ2n) is 22.0.